The molecular weight excluding hydrogens is 232 g/mol. The number of hydrogen-bond acceptors (Lipinski definition) is 3. The van der Waals surface area contributed by atoms with Crippen molar-refractivity contribution in [2.24, 2.45) is 0 Å². The zero-order valence-electron chi connectivity index (χ0n) is 10.9. The van der Waals surface area contributed by atoms with Crippen LogP contribution >= 0.6 is 0 Å². The molecule has 0 bridgehead atoms. The van der Waals surface area contributed by atoms with E-state index in [-0.39, 0.29) is 11.7 Å². The van der Waals surface area contributed by atoms with Crippen LogP contribution in [0.2, 0.25) is 0 Å². The lowest BCUT2D eigenvalue weighted by Crippen LogP contribution is -2.24. The molecule has 0 unspecified atom stereocenters. The molecule has 1 aromatic rings. The maximum absolute atomic E-state index is 11.2. The molecule has 0 aliphatic heterocycles. The number of benzene rings is 1. The van der Waals surface area contributed by atoms with Gasteiger partial charge in [0.15, 0.2) is 0 Å². The highest BCUT2D eigenvalue weighted by atomic mass is 16.5. The number of hydrogen-bond donors (Lipinski definition) is 1. The number of rotatable bonds is 4. The summed E-state index contributed by atoms with van der Waals surface area (Å²) >= 11 is 0. The average molecular weight is 250 g/mol. The average Bonchev–Trinajstić information content (AvgIpc) is 3.01. The molecule has 1 aliphatic carbocycles. The normalized spacial score (nSPS) is 15.3. The first-order chi connectivity index (χ1) is 8.35. The van der Waals surface area contributed by atoms with Gasteiger partial charge in [0.1, 0.15) is 22.7 Å². The topological polar surface area (TPSA) is 55.8 Å². The van der Waals surface area contributed by atoms with Gasteiger partial charge in [0, 0.05) is 0 Å². The van der Waals surface area contributed by atoms with Crippen molar-refractivity contribution in [2.75, 3.05) is 0 Å². The first kappa shape index (κ1) is 12.7. The highest BCUT2D eigenvalue weighted by molar-refractivity contribution is 5.91. The Bertz CT molecular complexity index is 455. The van der Waals surface area contributed by atoms with Gasteiger partial charge >= 0.3 is 5.97 Å². The summed E-state index contributed by atoms with van der Waals surface area (Å²) in [7, 11) is 0. The fourth-order valence-corrected chi connectivity index (χ4v) is 1.55. The standard InChI is InChI=1S/C14H18O4/c1-14(2,3)18-12-7-6-10(17-9-4-5-9)8-11(12)13(15)16/h6-9H,4-5H2,1-3H3,(H,15,16). The Morgan fingerprint density at radius 2 is 2.00 bits per heavy atom. The van der Waals surface area contributed by atoms with Crippen LogP contribution in [0.4, 0.5) is 0 Å². The summed E-state index contributed by atoms with van der Waals surface area (Å²) in [4.78, 5) is 11.2. The lowest BCUT2D eigenvalue weighted by atomic mass is 10.1. The molecule has 98 valence electrons. The second kappa shape index (κ2) is 4.52. The first-order valence-corrected chi connectivity index (χ1v) is 6.08. The number of aromatic carboxylic acids is 1. The molecule has 0 heterocycles. The minimum Gasteiger partial charge on any atom is -0.490 e. The lowest BCUT2D eigenvalue weighted by Gasteiger charge is -2.22. The molecule has 0 saturated heterocycles. The van der Waals surface area contributed by atoms with E-state index >= 15 is 0 Å². The second-order valence-electron chi connectivity index (χ2n) is 5.49. The van der Waals surface area contributed by atoms with Crippen molar-refractivity contribution in [1.82, 2.24) is 0 Å². The molecule has 4 nitrogen and oxygen atoms in total. The van der Waals surface area contributed by atoms with E-state index < -0.39 is 11.6 Å². The zero-order valence-corrected chi connectivity index (χ0v) is 10.9. The summed E-state index contributed by atoms with van der Waals surface area (Å²) in [6.07, 6.45) is 2.34. The van der Waals surface area contributed by atoms with Gasteiger partial charge in [0.25, 0.3) is 0 Å². The summed E-state index contributed by atoms with van der Waals surface area (Å²) in [5.74, 6) is -0.0372. The number of carboxylic acids is 1. The van der Waals surface area contributed by atoms with Crippen LogP contribution in [0.1, 0.15) is 44.0 Å². The second-order valence-corrected chi connectivity index (χ2v) is 5.49. The number of carboxylic acid groups (broad SMARTS) is 1. The van der Waals surface area contributed by atoms with Gasteiger partial charge in [-0.3, -0.25) is 0 Å². The van der Waals surface area contributed by atoms with Crippen LogP contribution in [0.25, 0.3) is 0 Å². The van der Waals surface area contributed by atoms with Gasteiger partial charge < -0.3 is 14.6 Å². The van der Waals surface area contributed by atoms with Gasteiger partial charge in [-0.15, -0.1) is 0 Å². The molecule has 1 N–H and O–H groups in total. The van der Waals surface area contributed by atoms with Gasteiger partial charge in [0.05, 0.1) is 6.10 Å². The molecule has 0 radical (unpaired) electrons. The SMILES string of the molecule is CC(C)(C)Oc1ccc(OC2CC2)cc1C(=O)O. The van der Waals surface area contributed by atoms with E-state index in [0.29, 0.717) is 11.5 Å². The van der Waals surface area contributed by atoms with Crippen molar-refractivity contribution >= 4 is 5.97 Å². The van der Waals surface area contributed by atoms with E-state index in [1.807, 2.05) is 20.8 Å². The Kier molecular flexibility index (Phi) is 3.20. The van der Waals surface area contributed by atoms with E-state index in [0.717, 1.165) is 12.8 Å². The zero-order chi connectivity index (χ0) is 13.3. The highest BCUT2D eigenvalue weighted by Crippen LogP contribution is 2.31. The minimum atomic E-state index is -1.00. The molecule has 1 saturated carbocycles. The van der Waals surface area contributed by atoms with Crippen LogP contribution in [0.5, 0.6) is 11.5 Å². The third kappa shape index (κ3) is 3.39. The summed E-state index contributed by atoms with van der Waals surface area (Å²) in [6.45, 7) is 5.65. The predicted octanol–water partition coefficient (Wildman–Crippen LogP) is 3.10. The maximum Gasteiger partial charge on any atom is 0.339 e. The van der Waals surface area contributed by atoms with Crippen LogP contribution in [0, 0.1) is 0 Å². The van der Waals surface area contributed by atoms with E-state index in [2.05, 4.69) is 0 Å². The molecule has 2 rings (SSSR count). The molecule has 1 aliphatic rings. The van der Waals surface area contributed by atoms with Gasteiger partial charge in [-0.25, -0.2) is 4.79 Å². The summed E-state index contributed by atoms with van der Waals surface area (Å²) < 4.78 is 11.2. The fraction of sp³-hybridized carbons (Fsp3) is 0.500. The number of carbonyl (C=O) groups is 1. The summed E-state index contributed by atoms with van der Waals surface area (Å²) in [5.41, 5.74) is -0.286. The number of ether oxygens (including phenoxy) is 2. The van der Waals surface area contributed by atoms with Crippen LogP contribution in [-0.2, 0) is 0 Å². The van der Waals surface area contributed by atoms with Crippen LogP contribution in [0.15, 0.2) is 18.2 Å². The van der Waals surface area contributed by atoms with Crippen molar-refractivity contribution < 1.29 is 19.4 Å². The van der Waals surface area contributed by atoms with Crippen molar-refractivity contribution in [2.45, 2.75) is 45.3 Å². The van der Waals surface area contributed by atoms with Crippen LogP contribution in [-0.4, -0.2) is 22.8 Å². The monoisotopic (exact) mass is 250 g/mol. The molecule has 0 aromatic heterocycles. The molecule has 1 fully saturated rings. The van der Waals surface area contributed by atoms with E-state index in [1.54, 1.807) is 12.1 Å². The first-order valence-electron chi connectivity index (χ1n) is 6.08. The molecule has 1 aromatic carbocycles. The molecule has 0 amide bonds. The fourth-order valence-electron chi connectivity index (χ4n) is 1.55. The van der Waals surface area contributed by atoms with Crippen molar-refractivity contribution in [3.05, 3.63) is 23.8 Å². The Morgan fingerprint density at radius 1 is 1.33 bits per heavy atom. The molecule has 0 spiro atoms. The summed E-state index contributed by atoms with van der Waals surface area (Å²) in [5, 5.41) is 9.20. The van der Waals surface area contributed by atoms with Gasteiger partial charge in [-0.05, 0) is 51.8 Å². The minimum absolute atomic E-state index is 0.142. The maximum atomic E-state index is 11.2. The predicted molar refractivity (Wildman–Crippen MR) is 67.4 cm³/mol. The van der Waals surface area contributed by atoms with Crippen LogP contribution in [0.3, 0.4) is 0 Å². The van der Waals surface area contributed by atoms with Gasteiger partial charge in [-0.2, -0.15) is 0 Å². The Hall–Kier alpha value is -1.71. The van der Waals surface area contributed by atoms with Crippen LogP contribution < -0.4 is 9.47 Å². The lowest BCUT2D eigenvalue weighted by molar-refractivity contribution is 0.0680. The quantitative estimate of drug-likeness (QED) is 0.892. The van der Waals surface area contributed by atoms with E-state index in [1.165, 1.54) is 6.07 Å². The van der Waals surface area contributed by atoms with E-state index in [4.69, 9.17) is 9.47 Å². The highest BCUT2D eigenvalue weighted by Gasteiger charge is 2.25. The largest absolute Gasteiger partial charge is 0.490 e. The molecule has 0 atom stereocenters. The van der Waals surface area contributed by atoms with E-state index in [9.17, 15) is 9.90 Å². The van der Waals surface area contributed by atoms with Gasteiger partial charge in [-0.1, -0.05) is 0 Å². The molecule has 4 heteroatoms. The van der Waals surface area contributed by atoms with Crippen molar-refractivity contribution in [1.29, 1.82) is 0 Å². The third-order valence-electron chi connectivity index (χ3n) is 2.42. The van der Waals surface area contributed by atoms with Gasteiger partial charge in [0.2, 0.25) is 0 Å². The third-order valence-corrected chi connectivity index (χ3v) is 2.42. The van der Waals surface area contributed by atoms with Crippen molar-refractivity contribution in [3.8, 4) is 11.5 Å². The Morgan fingerprint density at radius 3 is 2.50 bits per heavy atom. The summed E-state index contributed by atoms with van der Waals surface area (Å²) in [6, 6.07) is 4.94. The Labute approximate surface area is 107 Å². The Balaban J connectivity index is 2.25. The smallest absolute Gasteiger partial charge is 0.339 e. The molecule has 18 heavy (non-hydrogen) atoms. The van der Waals surface area contributed by atoms with Crippen molar-refractivity contribution in [3.63, 3.8) is 0 Å². The molecular formula is C14H18O4.